The van der Waals surface area contributed by atoms with Gasteiger partial charge in [0.25, 0.3) is 0 Å². The van der Waals surface area contributed by atoms with Gasteiger partial charge in [-0.3, -0.25) is 0 Å². The monoisotopic (exact) mass is 805 g/mol. The number of carbonyl (C=O) groups excluding carboxylic acids is 5. The highest BCUT2D eigenvalue weighted by atomic mass is 16.6. The number of oxime groups is 1. The van der Waals surface area contributed by atoms with Crippen LogP contribution in [0.4, 0.5) is 0 Å². The van der Waals surface area contributed by atoms with Gasteiger partial charge in [0.1, 0.15) is 13.2 Å². The fraction of sp³-hybridized carbons (Fsp3) is 0.125. The molecule has 0 heterocycles. The Hall–Kier alpha value is -7.86. The third kappa shape index (κ3) is 12.1. The number of hydrogen-bond donors (Lipinski definition) is 0. The summed E-state index contributed by atoms with van der Waals surface area (Å²) < 4.78 is 30.0. The smallest absolute Gasteiger partial charge is 0.338 e. The molecule has 4 atom stereocenters. The molecule has 6 aromatic rings. The van der Waals surface area contributed by atoms with E-state index in [1.165, 1.54) is 60.7 Å². The van der Waals surface area contributed by atoms with Gasteiger partial charge in [-0.05, 0) is 66.2 Å². The van der Waals surface area contributed by atoms with Gasteiger partial charge in [0, 0.05) is 0 Å². The largest absolute Gasteiger partial charge is 0.458 e. The second-order valence-electron chi connectivity index (χ2n) is 13.0. The number of benzene rings is 6. The summed E-state index contributed by atoms with van der Waals surface area (Å²) in [6.07, 6.45) is -6.02. The van der Waals surface area contributed by atoms with Crippen LogP contribution in [-0.4, -0.2) is 67.1 Å². The van der Waals surface area contributed by atoms with E-state index < -0.39 is 60.9 Å². The van der Waals surface area contributed by atoms with E-state index in [1.54, 1.807) is 91.0 Å². The summed E-state index contributed by atoms with van der Waals surface area (Å²) in [5.74, 6) is -4.46. The minimum Gasteiger partial charge on any atom is -0.458 e. The normalized spacial score (nSPS) is 12.8. The van der Waals surface area contributed by atoms with Crippen LogP contribution in [0.5, 0.6) is 0 Å². The molecule has 12 nitrogen and oxygen atoms in total. The lowest BCUT2D eigenvalue weighted by atomic mass is 10.0. The molecule has 0 aliphatic carbocycles. The minimum atomic E-state index is -1.85. The molecule has 6 aromatic carbocycles. The zero-order valence-corrected chi connectivity index (χ0v) is 32.1. The van der Waals surface area contributed by atoms with E-state index in [1.807, 2.05) is 30.3 Å². The van der Waals surface area contributed by atoms with Crippen LogP contribution in [-0.2, 0) is 35.1 Å². The maximum Gasteiger partial charge on any atom is 0.338 e. The molecule has 0 saturated heterocycles. The first kappa shape index (κ1) is 41.8. The number of nitrogens with zero attached hydrogens (tertiary/aromatic N) is 1. The second-order valence-corrected chi connectivity index (χ2v) is 13.0. The Balaban J connectivity index is 1.47. The number of hydrogen-bond acceptors (Lipinski definition) is 12. The van der Waals surface area contributed by atoms with Crippen molar-refractivity contribution in [2.45, 2.75) is 31.0 Å². The number of ether oxygens (including phenoxy) is 5. The zero-order chi connectivity index (χ0) is 41.9. The van der Waals surface area contributed by atoms with Gasteiger partial charge in [-0.15, -0.1) is 0 Å². The molecular weight excluding hydrogens is 767 g/mol. The molecule has 0 aliphatic rings. The van der Waals surface area contributed by atoms with E-state index in [0.29, 0.717) is 0 Å². The van der Waals surface area contributed by atoms with Gasteiger partial charge in [-0.2, -0.15) is 0 Å². The van der Waals surface area contributed by atoms with Crippen molar-refractivity contribution in [3.05, 3.63) is 215 Å². The summed E-state index contributed by atoms with van der Waals surface area (Å²) in [6, 6.07) is 48.8. The molecule has 0 N–H and O–H groups in total. The fourth-order valence-electron chi connectivity index (χ4n) is 5.74. The first-order valence-electron chi connectivity index (χ1n) is 18.8. The summed E-state index contributed by atoms with van der Waals surface area (Å²) in [5, 5.41) is 4.09. The summed E-state index contributed by atoms with van der Waals surface area (Å²) >= 11 is 0. The van der Waals surface area contributed by atoms with Gasteiger partial charge < -0.3 is 28.5 Å². The van der Waals surface area contributed by atoms with Crippen molar-refractivity contribution in [1.82, 2.24) is 0 Å². The molecular formula is C48H39NO11. The van der Waals surface area contributed by atoms with E-state index in [2.05, 4.69) is 5.16 Å². The summed E-state index contributed by atoms with van der Waals surface area (Å²) in [4.78, 5) is 74.7. The van der Waals surface area contributed by atoms with Crippen LogP contribution in [0.15, 0.2) is 187 Å². The van der Waals surface area contributed by atoms with E-state index >= 15 is 0 Å². The molecule has 0 aromatic heterocycles. The van der Waals surface area contributed by atoms with Crippen LogP contribution in [0.3, 0.4) is 0 Å². The summed E-state index contributed by atoms with van der Waals surface area (Å²) in [6.45, 7) is -0.718. The highest BCUT2D eigenvalue weighted by Gasteiger charge is 2.45. The van der Waals surface area contributed by atoms with E-state index in [4.69, 9.17) is 28.5 Å². The Kier molecular flexibility index (Phi) is 15.0. The predicted octanol–water partition coefficient (Wildman–Crippen LogP) is 7.95. The molecule has 302 valence electrons. The van der Waals surface area contributed by atoms with Crippen LogP contribution in [0.1, 0.15) is 57.4 Å². The fourth-order valence-corrected chi connectivity index (χ4v) is 5.74. The second kappa shape index (κ2) is 21.6. The zero-order valence-electron chi connectivity index (χ0n) is 32.1. The standard InChI is InChI=1S/C48H39NO11/c50-44(35-21-9-2-10-22-35)55-33-41(58-46(52)37-25-13-4-14-26-37)43(60-48(54)39-29-17-6-18-30-39)42(59-47(53)38-27-15-5-16-28-38)40(57-45(51)36-23-11-3-12-24-36)31-49-56-32-34-19-7-1-8-20-34/h1-31,40-43H,32-33H2/b49-31-/t40-,41-,42-,43-/m1/s1. The van der Waals surface area contributed by atoms with Gasteiger partial charge in [-0.25, -0.2) is 24.0 Å². The molecule has 60 heavy (non-hydrogen) atoms. The molecule has 0 bridgehead atoms. The Bertz CT molecular complexity index is 2330. The van der Waals surface area contributed by atoms with E-state index in [-0.39, 0.29) is 34.4 Å². The predicted molar refractivity (Wildman–Crippen MR) is 219 cm³/mol. The van der Waals surface area contributed by atoms with Gasteiger partial charge in [0.2, 0.25) is 0 Å². The molecule has 0 saturated carbocycles. The van der Waals surface area contributed by atoms with Crippen LogP contribution in [0.2, 0.25) is 0 Å². The quantitative estimate of drug-likeness (QED) is 0.0360. The highest BCUT2D eigenvalue weighted by molar-refractivity contribution is 5.93. The topological polar surface area (TPSA) is 153 Å². The van der Waals surface area contributed by atoms with Crippen molar-refractivity contribution in [3.8, 4) is 0 Å². The Morgan fingerprint density at radius 1 is 0.417 bits per heavy atom. The molecule has 0 spiro atoms. The van der Waals surface area contributed by atoms with Gasteiger partial charge in [0.15, 0.2) is 24.4 Å². The van der Waals surface area contributed by atoms with Crippen molar-refractivity contribution in [2.75, 3.05) is 6.61 Å². The molecule has 0 radical (unpaired) electrons. The first-order chi connectivity index (χ1) is 29.4. The van der Waals surface area contributed by atoms with Crippen molar-refractivity contribution >= 4 is 36.1 Å². The minimum absolute atomic E-state index is 0.00430. The van der Waals surface area contributed by atoms with Gasteiger partial charge in [-0.1, -0.05) is 126 Å². The molecule has 0 unspecified atom stereocenters. The average Bonchev–Trinajstić information content (AvgIpc) is 3.31. The molecule has 6 rings (SSSR count). The summed E-state index contributed by atoms with van der Waals surface area (Å²) in [7, 11) is 0. The first-order valence-corrected chi connectivity index (χ1v) is 18.8. The number of esters is 5. The van der Waals surface area contributed by atoms with Crippen molar-refractivity contribution < 1.29 is 52.5 Å². The average molecular weight is 806 g/mol. The van der Waals surface area contributed by atoms with Crippen molar-refractivity contribution in [2.24, 2.45) is 5.16 Å². The van der Waals surface area contributed by atoms with Crippen molar-refractivity contribution in [1.29, 1.82) is 0 Å². The Morgan fingerprint density at radius 2 is 0.767 bits per heavy atom. The third-order valence-corrected chi connectivity index (χ3v) is 8.78. The van der Waals surface area contributed by atoms with E-state index in [9.17, 15) is 24.0 Å². The molecule has 0 aliphatic heterocycles. The van der Waals surface area contributed by atoms with Crippen LogP contribution in [0.25, 0.3) is 0 Å². The number of rotatable bonds is 18. The SMILES string of the molecule is O=C(OC[C@@H](OC(=O)c1ccccc1)[C@@H](OC(=O)c1ccccc1)[C@H](OC(=O)c1ccccc1)[C@@H](/C=N\OCc1ccccc1)OC(=O)c1ccccc1)c1ccccc1. The Labute approximate surface area is 345 Å². The lowest BCUT2D eigenvalue weighted by Crippen LogP contribution is -2.54. The molecule has 0 amide bonds. The number of carbonyl (C=O) groups is 5. The lowest BCUT2D eigenvalue weighted by Gasteiger charge is -2.34. The maximum atomic E-state index is 14.0. The van der Waals surface area contributed by atoms with Crippen LogP contribution >= 0.6 is 0 Å². The molecule has 0 fully saturated rings. The maximum absolute atomic E-state index is 14.0. The third-order valence-electron chi connectivity index (χ3n) is 8.78. The molecule has 12 heteroatoms. The van der Waals surface area contributed by atoms with Crippen LogP contribution < -0.4 is 0 Å². The lowest BCUT2D eigenvalue weighted by molar-refractivity contribution is -0.120. The van der Waals surface area contributed by atoms with Crippen molar-refractivity contribution in [3.63, 3.8) is 0 Å². The Morgan fingerprint density at radius 3 is 1.20 bits per heavy atom. The van der Waals surface area contributed by atoms with Gasteiger partial charge in [0.05, 0.1) is 34.0 Å². The van der Waals surface area contributed by atoms with E-state index in [0.717, 1.165) is 11.8 Å². The highest BCUT2D eigenvalue weighted by Crippen LogP contribution is 2.24. The van der Waals surface area contributed by atoms with Gasteiger partial charge >= 0.3 is 29.8 Å². The summed E-state index contributed by atoms with van der Waals surface area (Å²) in [5.41, 5.74) is 1.31. The van der Waals surface area contributed by atoms with Crippen LogP contribution in [0, 0.1) is 0 Å².